The van der Waals surface area contributed by atoms with Gasteiger partial charge < -0.3 is 10.2 Å². The molecule has 7 nitrogen and oxygen atoms in total. The Labute approximate surface area is 119 Å². The first-order chi connectivity index (χ1) is 9.61. The van der Waals surface area contributed by atoms with Crippen LogP contribution in [-0.4, -0.2) is 9.91 Å². The minimum Gasteiger partial charge on any atom is -0.481 e. The number of hydrogen-bond donors (Lipinski definition) is 2. The molecule has 0 saturated carbocycles. The first-order valence-electron chi connectivity index (χ1n) is 5.59. The van der Waals surface area contributed by atoms with E-state index in [9.17, 15) is 10.1 Å². The molecule has 0 aliphatic carbocycles. The first-order valence-corrected chi connectivity index (χ1v) is 5.97. The standard InChI is InChI=1S/C12H11ClN4O3/c13-9-2-1-3-10(17(18)19)12(9)20-7-8-4-5-11(16-14)15-6-8/h1-6H,7,14H2,(H,15,16). The monoisotopic (exact) mass is 294 g/mol. The number of aromatic nitrogens is 1. The van der Waals surface area contributed by atoms with Crippen LogP contribution in [0.5, 0.6) is 5.75 Å². The number of rotatable bonds is 5. The molecular formula is C12H11ClN4O3. The third kappa shape index (κ3) is 3.14. The number of hydrazine groups is 1. The number of nitro benzene ring substituents is 1. The van der Waals surface area contributed by atoms with Crippen molar-refractivity contribution in [2.24, 2.45) is 5.84 Å². The van der Waals surface area contributed by atoms with Crippen molar-refractivity contribution in [2.45, 2.75) is 6.61 Å². The van der Waals surface area contributed by atoms with Gasteiger partial charge in [0.1, 0.15) is 12.4 Å². The molecule has 0 unspecified atom stereocenters. The van der Waals surface area contributed by atoms with E-state index in [0.29, 0.717) is 5.82 Å². The summed E-state index contributed by atoms with van der Waals surface area (Å²) in [6, 6.07) is 7.77. The summed E-state index contributed by atoms with van der Waals surface area (Å²) < 4.78 is 5.42. The van der Waals surface area contributed by atoms with E-state index in [2.05, 4.69) is 10.4 Å². The fraction of sp³-hybridized carbons (Fsp3) is 0.0833. The van der Waals surface area contributed by atoms with E-state index in [1.807, 2.05) is 0 Å². The molecule has 0 saturated heterocycles. The maximum Gasteiger partial charge on any atom is 0.312 e. The van der Waals surface area contributed by atoms with E-state index in [1.54, 1.807) is 18.3 Å². The van der Waals surface area contributed by atoms with E-state index < -0.39 is 4.92 Å². The maximum atomic E-state index is 10.9. The number of pyridine rings is 1. The van der Waals surface area contributed by atoms with Crippen LogP contribution in [-0.2, 0) is 6.61 Å². The second-order valence-corrected chi connectivity index (χ2v) is 4.24. The summed E-state index contributed by atoms with van der Waals surface area (Å²) in [7, 11) is 0. The lowest BCUT2D eigenvalue weighted by molar-refractivity contribution is -0.385. The van der Waals surface area contributed by atoms with Crippen LogP contribution < -0.4 is 16.0 Å². The van der Waals surface area contributed by atoms with Gasteiger partial charge in [-0.25, -0.2) is 10.8 Å². The number of nitrogens with two attached hydrogens (primary N) is 1. The van der Waals surface area contributed by atoms with Gasteiger partial charge in [0.05, 0.1) is 9.95 Å². The van der Waals surface area contributed by atoms with E-state index in [1.165, 1.54) is 18.2 Å². The minimum atomic E-state index is -0.541. The van der Waals surface area contributed by atoms with Crippen molar-refractivity contribution in [1.82, 2.24) is 4.98 Å². The number of anilines is 1. The average molecular weight is 295 g/mol. The number of nitrogens with zero attached hydrogens (tertiary/aromatic N) is 2. The Bertz CT molecular complexity index is 619. The summed E-state index contributed by atoms with van der Waals surface area (Å²) in [4.78, 5) is 14.4. The first kappa shape index (κ1) is 14.0. The number of halogens is 1. The predicted molar refractivity (Wildman–Crippen MR) is 74.5 cm³/mol. The SMILES string of the molecule is NNc1ccc(COc2c(Cl)cccc2[N+](=O)[O-])cn1. The summed E-state index contributed by atoms with van der Waals surface area (Å²) in [6.45, 7) is 0.114. The quantitative estimate of drug-likeness (QED) is 0.499. The van der Waals surface area contributed by atoms with Crippen molar-refractivity contribution in [3.63, 3.8) is 0 Å². The van der Waals surface area contributed by atoms with E-state index in [0.717, 1.165) is 5.56 Å². The van der Waals surface area contributed by atoms with Gasteiger partial charge in [0.25, 0.3) is 0 Å². The number of para-hydroxylation sites is 1. The second-order valence-electron chi connectivity index (χ2n) is 3.83. The van der Waals surface area contributed by atoms with Crippen LogP contribution in [0.2, 0.25) is 5.02 Å². The smallest absolute Gasteiger partial charge is 0.312 e. The zero-order valence-electron chi connectivity index (χ0n) is 10.2. The van der Waals surface area contributed by atoms with Crippen LogP contribution in [0.4, 0.5) is 11.5 Å². The average Bonchev–Trinajstić information content (AvgIpc) is 2.46. The molecule has 1 aromatic carbocycles. The summed E-state index contributed by atoms with van der Waals surface area (Å²) in [6.07, 6.45) is 1.55. The third-order valence-corrected chi connectivity index (χ3v) is 2.80. The molecule has 0 atom stereocenters. The van der Waals surface area contributed by atoms with E-state index in [4.69, 9.17) is 22.2 Å². The Kier molecular flexibility index (Phi) is 4.34. The summed E-state index contributed by atoms with van der Waals surface area (Å²) in [5, 5.41) is 11.1. The number of benzene rings is 1. The molecule has 0 radical (unpaired) electrons. The molecule has 0 aliphatic rings. The Morgan fingerprint density at radius 1 is 1.40 bits per heavy atom. The normalized spacial score (nSPS) is 10.1. The molecule has 8 heteroatoms. The molecule has 3 N–H and O–H groups in total. The van der Waals surface area contributed by atoms with Crippen LogP contribution >= 0.6 is 11.6 Å². The maximum absolute atomic E-state index is 10.9. The van der Waals surface area contributed by atoms with Gasteiger partial charge >= 0.3 is 5.69 Å². The van der Waals surface area contributed by atoms with Gasteiger partial charge in [0, 0.05) is 17.8 Å². The molecule has 2 rings (SSSR count). The summed E-state index contributed by atoms with van der Waals surface area (Å²) >= 11 is 5.92. The number of nitrogen functional groups attached to an aromatic ring is 1. The molecule has 104 valence electrons. The zero-order chi connectivity index (χ0) is 14.5. The predicted octanol–water partition coefficient (Wildman–Crippen LogP) is 2.51. The molecule has 0 amide bonds. The fourth-order valence-corrected chi connectivity index (χ4v) is 1.76. The highest BCUT2D eigenvalue weighted by Gasteiger charge is 2.18. The van der Waals surface area contributed by atoms with E-state index >= 15 is 0 Å². The number of nitro groups is 1. The van der Waals surface area contributed by atoms with Gasteiger partial charge in [0.2, 0.25) is 5.75 Å². The number of ether oxygens (including phenoxy) is 1. The molecule has 0 bridgehead atoms. The van der Waals surface area contributed by atoms with Gasteiger partial charge in [-0.2, -0.15) is 0 Å². The van der Waals surface area contributed by atoms with Gasteiger partial charge in [-0.15, -0.1) is 0 Å². The van der Waals surface area contributed by atoms with E-state index in [-0.39, 0.29) is 23.1 Å². The fourth-order valence-electron chi connectivity index (χ4n) is 1.53. The van der Waals surface area contributed by atoms with Crippen LogP contribution in [0.15, 0.2) is 36.5 Å². The molecule has 1 heterocycles. The largest absolute Gasteiger partial charge is 0.481 e. The highest BCUT2D eigenvalue weighted by Crippen LogP contribution is 2.34. The number of hydrogen-bond acceptors (Lipinski definition) is 6. The lowest BCUT2D eigenvalue weighted by Crippen LogP contribution is -2.08. The highest BCUT2D eigenvalue weighted by atomic mass is 35.5. The van der Waals surface area contributed by atoms with Gasteiger partial charge in [0.15, 0.2) is 0 Å². The van der Waals surface area contributed by atoms with Crippen molar-refractivity contribution in [3.05, 3.63) is 57.2 Å². The summed E-state index contributed by atoms with van der Waals surface area (Å²) in [5.41, 5.74) is 2.96. The molecule has 0 spiro atoms. The van der Waals surface area contributed by atoms with Crippen LogP contribution in [0.3, 0.4) is 0 Å². The Morgan fingerprint density at radius 2 is 2.20 bits per heavy atom. The van der Waals surface area contributed by atoms with Crippen molar-refractivity contribution < 1.29 is 9.66 Å². The van der Waals surface area contributed by atoms with Crippen molar-refractivity contribution in [3.8, 4) is 5.75 Å². The minimum absolute atomic E-state index is 0.0418. The Morgan fingerprint density at radius 3 is 2.80 bits per heavy atom. The third-order valence-electron chi connectivity index (χ3n) is 2.50. The lowest BCUT2D eigenvalue weighted by Gasteiger charge is -2.08. The molecule has 1 aromatic heterocycles. The molecule has 2 aromatic rings. The van der Waals surface area contributed by atoms with Crippen molar-refractivity contribution >= 4 is 23.1 Å². The van der Waals surface area contributed by atoms with Crippen LogP contribution in [0, 0.1) is 10.1 Å². The van der Waals surface area contributed by atoms with Gasteiger partial charge in [-0.1, -0.05) is 23.7 Å². The highest BCUT2D eigenvalue weighted by molar-refractivity contribution is 6.32. The second kappa shape index (κ2) is 6.18. The molecule has 20 heavy (non-hydrogen) atoms. The van der Waals surface area contributed by atoms with Gasteiger partial charge in [-0.05, 0) is 12.1 Å². The van der Waals surface area contributed by atoms with Crippen LogP contribution in [0.1, 0.15) is 5.56 Å². The van der Waals surface area contributed by atoms with Crippen LogP contribution in [0.25, 0.3) is 0 Å². The Hall–Kier alpha value is -2.38. The summed E-state index contributed by atoms with van der Waals surface area (Å²) in [5.74, 6) is 5.76. The van der Waals surface area contributed by atoms with Crippen molar-refractivity contribution in [2.75, 3.05) is 5.43 Å². The van der Waals surface area contributed by atoms with Crippen molar-refractivity contribution in [1.29, 1.82) is 0 Å². The lowest BCUT2D eigenvalue weighted by atomic mass is 10.3. The molecule has 0 fully saturated rings. The molecular weight excluding hydrogens is 284 g/mol. The topological polar surface area (TPSA) is 103 Å². The number of nitrogens with one attached hydrogen (secondary N) is 1. The zero-order valence-corrected chi connectivity index (χ0v) is 11.0. The van der Waals surface area contributed by atoms with Gasteiger partial charge in [-0.3, -0.25) is 10.1 Å². The Balaban J connectivity index is 2.16. The molecule has 0 aliphatic heterocycles.